The van der Waals surface area contributed by atoms with Crippen LogP contribution in [0.5, 0.6) is 0 Å². The van der Waals surface area contributed by atoms with Crippen molar-refractivity contribution in [1.29, 1.82) is 0 Å². The summed E-state index contributed by atoms with van der Waals surface area (Å²) >= 11 is 0. The summed E-state index contributed by atoms with van der Waals surface area (Å²) in [5.41, 5.74) is 0.884. The van der Waals surface area contributed by atoms with Crippen molar-refractivity contribution in [1.82, 2.24) is 10.2 Å². The molecule has 1 atom stereocenters. The topological polar surface area (TPSA) is 91.4 Å². The van der Waals surface area contributed by atoms with Gasteiger partial charge in [-0.2, -0.15) is 0 Å². The fraction of sp³-hybridized carbons (Fsp3) is 0.526. The van der Waals surface area contributed by atoms with E-state index in [9.17, 15) is 18.8 Å². The number of carbonyl (C=O) groups is 3. The molecule has 2 aliphatic heterocycles. The maximum atomic E-state index is 14.7. The average Bonchev–Trinajstić information content (AvgIpc) is 3.12. The number of ether oxygens (including phenoxy) is 2. The molecule has 1 aromatic rings. The Morgan fingerprint density at radius 1 is 1.28 bits per heavy atom. The quantitative estimate of drug-likeness (QED) is 0.795. The smallest absolute Gasteiger partial charge is 0.414 e. The summed E-state index contributed by atoms with van der Waals surface area (Å²) in [7, 11) is 1.42. The van der Waals surface area contributed by atoms with E-state index in [1.807, 2.05) is 11.8 Å². The van der Waals surface area contributed by atoms with Crippen LogP contribution in [0.4, 0.5) is 25.4 Å². The number of cyclic esters (lactones) is 1. The normalized spacial score (nSPS) is 19.2. The van der Waals surface area contributed by atoms with Gasteiger partial charge in [-0.25, -0.2) is 14.0 Å². The van der Waals surface area contributed by atoms with Gasteiger partial charge in [0.05, 0.1) is 17.9 Å². The molecule has 2 saturated heterocycles. The predicted octanol–water partition coefficient (Wildman–Crippen LogP) is 1.57. The van der Waals surface area contributed by atoms with Gasteiger partial charge >= 0.3 is 12.2 Å². The Hall–Kier alpha value is -3.04. The van der Waals surface area contributed by atoms with Crippen molar-refractivity contribution in [3.63, 3.8) is 0 Å². The van der Waals surface area contributed by atoms with Crippen molar-refractivity contribution in [2.45, 2.75) is 19.4 Å². The zero-order valence-electron chi connectivity index (χ0n) is 16.5. The predicted molar refractivity (Wildman–Crippen MR) is 104 cm³/mol. The zero-order valence-corrected chi connectivity index (χ0v) is 16.5. The number of hydrogen-bond donors (Lipinski definition) is 1. The molecule has 0 bridgehead atoms. The van der Waals surface area contributed by atoms with Gasteiger partial charge in [-0.15, -0.1) is 0 Å². The molecule has 2 heterocycles. The van der Waals surface area contributed by atoms with Gasteiger partial charge < -0.3 is 24.6 Å². The van der Waals surface area contributed by atoms with E-state index < -0.39 is 18.0 Å². The minimum absolute atomic E-state index is 0.178. The second-order valence-corrected chi connectivity index (χ2v) is 6.85. The summed E-state index contributed by atoms with van der Waals surface area (Å²) in [5.74, 6) is -0.722. The first-order valence-electron chi connectivity index (χ1n) is 9.57. The number of carbonyl (C=O) groups excluding carboxylic acids is 3. The number of nitrogens with one attached hydrogen (secondary N) is 1. The molecule has 3 rings (SSSR count). The molecule has 9 nitrogen and oxygen atoms in total. The highest BCUT2D eigenvalue weighted by atomic mass is 19.1. The van der Waals surface area contributed by atoms with Gasteiger partial charge in [0.1, 0.15) is 11.9 Å². The van der Waals surface area contributed by atoms with Crippen LogP contribution in [-0.2, 0) is 14.3 Å². The number of alkyl carbamates (subject to hydrolysis) is 1. The zero-order chi connectivity index (χ0) is 21.0. The third-order valence-corrected chi connectivity index (χ3v) is 5.08. The van der Waals surface area contributed by atoms with Gasteiger partial charge in [0.25, 0.3) is 5.91 Å². The summed E-state index contributed by atoms with van der Waals surface area (Å²) in [5, 5.41) is 2.28. The van der Waals surface area contributed by atoms with E-state index in [0.717, 1.165) is 0 Å². The Balaban J connectivity index is 1.58. The molecule has 10 heteroatoms. The SMILES string of the molecule is CC[C@H]1CN(c2ccc(N3CCN(C(=O)COC(=O)NC)CC3)c(F)c2)C(=O)O1. The molecule has 0 aliphatic carbocycles. The monoisotopic (exact) mass is 408 g/mol. The molecule has 0 unspecified atom stereocenters. The molecule has 1 N–H and O–H groups in total. The molecule has 2 aliphatic rings. The van der Waals surface area contributed by atoms with E-state index in [-0.39, 0.29) is 18.6 Å². The lowest BCUT2D eigenvalue weighted by Gasteiger charge is -2.36. The fourth-order valence-corrected chi connectivity index (χ4v) is 3.35. The Labute approximate surface area is 168 Å². The van der Waals surface area contributed by atoms with Crippen LogP contribution in [0.15, 0.2) is 18.2 Å². The van der Waals surface area contributed by atoms with E-state index in [1.165, 1.54) is 18.0 Å². The molecular weight excluding hydrogens is 383 g/mol. The molecule has 29 heavy (non-hydrogen) atoms. The van der Waals surface area contributed by atoms with Crippen LogP contribution >= 0.6 is 0 Å². The van der Waals surface area contributed by atoms with Gasteiger partial charge in [-0.3, -0.25) is 9.69 Å². The van der Waals surface area contributed by atoms with Gasteiger partial charge in [-0.05, 0) is 24.6 Å². The Kier molecular flexibility index (Phi) is 6.40. The number of benzene rings is 1. The summed E-state index contributed by atoms with van der Waals surface area (Å²) < 4.78 is 24.7. The second-order valence-electron chi connectivity index (χ2n) is 6.85. The van der Waals surface area contributed by atoms with Crippen molar-refractivity contribution < 1.29 is 28.2 Å². The van der Waals surface area contributed by atoms with Crippen LogP contribution in [0.3, 0.4) is 0 Å². The minimum Gasteiger partial charge on any atom is -0.444 e. The van der Waals surface area contributed by atoms with Gasteiger partial charge in [0, 0.05) is 33.2 Å². The van der Waals surface area contributed by atoms with E-state index in [2.05, 4.69) is 5.32 Å². The molecule has 0 spiro atoms. The largest absolute Gasteiger partial charge is 0.444 e. The summed E-state index contributed by atoms with van der Waals surface area (Å²) in [6.07, 6.45) is -0.593. The van der Waals surface area contributed by atoms with Crippen molar-refractivity contribution >= 4 is 29.5 Å². The van der Waals surface area contributed by atoms with Gasteiger partial charge in [0.15, 0.2) is 6.61 Å². The van der Waals surface area contributed by atoms with Crippen molar-refractivity contribution in [2.75, 3.05) is 56.2 Å². The van der Waals surface area contributed by atoms with E-state index in [1.54, 1.807) is 17.0 Å². The molecule has 158 valence electrons. The third kappa shape index (κ3) is 4.69. The van der Waals surface area contributed by atoms with Crippen LogP contribution in [0.1, 0.15) is 13.3 Å². The number of anilines is 2. The van der Waals surface area contributed by atoms with Crippen LogP contribution in [0, 0.1) is 5.82 Å². The van der Waals surface area contributed by atoms with Gasteiger partial charge in [-0.1, -0.05) is 6.92 Å². The van der Waals surface area contributed by atoms with E-state index in [0.29, 0.717) is 50.5 Å². The number of halogens is 1. The summed E-state index contributed by atoms with van der Waals surface area (Å²) in [4.78, 5) is 40.0. The Bertz CT molecular complexity index is 782. The first-order valence-corrected chi connectivity index (χ1v) is 9.57. The Morgan fingerprint density at radius 2 is 2.00 bits per heavy atom. The van der Waals surface area contributed by atoms with Crippen molar-refractivity contribution in [3.8, 4) is 0 Å². The standard InChI is InChI=1S/C19H25FN4O5/c1-3-14-11-24(19(27)29-14)13-4-5-16(15(20)10-13)22-6-8-23(9-7-22)17(25)12-28-18(26)21-2/h4-5,10,14H,3,6-9,11-12H2,1-2H3,(H,21,26)/t14-/m0/s1. The third-order valence-electron chi connectivity index (χ3n) is 5.08. The maximum Gasteiger partial charge on any atom is 0.414 e. The molecule has 2 fully saturated rings. The lowest BCUT2D eigenvalue weighted by atomic mass is 10.2. The molecule has 1 aromatic carbocycles. The number of piperazine rings is 1. The highest BCUT2D eigenvalue weighted by Crippen LogP contribution is 2.29. The number of rotatable bonds is 5. The second kappa shape index (κ2) is 8.97. The van der Waals surface area contributed by atoms with Crippen LogP contribution in [0.25, 0.3) is 0 Å². The Morgan fingerprint density at radius 3 is 2.59 bits per heavy atom. The lowest BCUT2D eigenvalue weighted by molar-refractivity contribution is -0.134. The molecule has 0 aromatic heterocycles. The maximum absolute atomic E-state index is 14.7. The number of hydrogen-bond acceptors (Lipinski definition) is 6. The summed E-state index contributed by atoms with van der Waals surface area (Å²) in [6.45, 7) is 3.71. The van der Waals surface area contributed by atoms with E-state index in [4.69, 9.17) is 9.47 Å². The average molecular weight is 408 g/mol. The first-order chi connectivity index (χ1) is 13.9. The summed E-state index contributed by atoms with van der Waals surface area (Å²) in [6, 6.07) is 4.68. The fourth-order valence-electron chi connectivity index (χ4n) is 3.35. The minimum atomic E-state index is -0.661. The van der Waals surface area contributed by atoms with Crippen molar-refractivity contribution in [3.05, 3.63) is 24.0 Å². The van der Waals surface area contributed by atoms with Crippen LogP contribution < -0.4 is 15.1 Å². The molecule has 3 amide bonds. The first kappa shape index (κ1) is 20.7. The molecule has 0 saturated carbocycles. The van der Waals surface area contributed by atoms with Crippen molar-refractivity contribution in [2.24, 2.45) is 0 Å². The van der Waals surface area contributed by atoms with Crippen LogP contribution in [-0.4, -0.2) is 75.5 Å². The van der Waals surface area contributed by atoms with E-state index >= 15 is 0 Å². The van der Waals surface area contributed by atoms with Gasteiger partial charge in [0.2, 0.25) is 0 Å². The highest BCUT2D eigenvalue weighted by molar-refractivity contribution is 5.90. The lowest BCUT2D eigenvalue weighted by Crippen LogP contribution is -2.50. The molecular formula is C19H25FN4O5. The number of nitrogens with zero attached hydrogens (tertiary/aromatic N) is 3. The number of amides is 3. The highest BCUT2D eigenvalue weighted by Gasteiger charge is 2.32. The van der Waals surface area contributed by atoms with Crippen LogP contribution in [0.2, 0.25) is 0 Å². The molecule has 0 radical (unpaired) electrons.